The third-order valence-electron chi connectivity index (χ3n) is 3.71. The number of ether oxygens (including phenoxy) is 1. The van der Waals surface area contributed by atoms with Gasteiger partial charge in [-0.05, 0) is 32.4 Å². The van der Waals surface area contributed by atoms with Gasteiger partial charge in [-0.1, -0.05) is 24.6 Å². The maximum Gasteiger partial charge on any atom is 0.417 e. The van der Waals surface area contributed by atoms with Gasteiger partial charge in [0.1, 0.15) is 0 Å². The van der Waals surface area contributed by atoms with Crippen LogP contribution in [0.4, 0.5) is 18.0 Å². The van der Waals surface area contributed by atoms with Gasteiger partial charge in [0.25, 0.3) is 0 Å². The molecule has 2 amide bonds. The zero-order chi connectivity index (χ0) is 18.1. The van der Waals surface area contributed by atoms with Crippen molar-refractivity contribution in [2.24, 2.45) is 0 Å². The molecule has 1 aliphatic rings. The number of nitrogens with zero attached hydrogens (tertiary/aromatic N) is 1. The number of hydrogen-bond acceptors (Lipinski definition) is 2. The molecule has 0 saturated carbocycles. The van der Waals surface area contributed by atoms with E-state index < -0.39 is 18.0 Å². The predicted molar refractivity (Wildman–Crippen MR) is 84.7 cm³/mol. The quantitative estimate of drug-likeness (QED) is 0.852. The van der Waals surface area contributed by atoms with Gasteiger partial charge in [0.15, 0.2) is 6.23 Å². The van der Waals surface area contributed by atoms with Crippen LogP contribution in [0.2, 0.25) is 5.02 Å². The summed E-state index contributed by atoms with van der Waals surface area (Å²) in [5.74, 6) is 0. The minimum Gasteiger partial charge on any atom is -0.349 e. The van der Waals surface area contributed by atoms with E-state index in [4.69, 9.17) is 16.3 Å². The normalized spacial score (nSPS) is 21.4. The fourth-order valence-corrected chi connectivity index (χ4v) is 2.76. The van der Waals surface area contributed by atoms with Gasteiger partial charge in [0, 0.05) is 11.6 Å². The summed E-state index contributed by atoms with van der Waals surface area (Å²) in [5.41, 5.74) is -0.684. The summed E-state index contributed by atoms with van der Waals surface area (Å²) in [6, 6.07) is 3.13. The van der Waals surface area contributed by atoms with Gasteiger partial charge in [-0.25, -0.2) is 4.79 Å². The molecule has 1 saturated heterocycles. The van der Waals surface area contributed by atoms with Crippen LogP contribution in [-0.4, -0.2) is 29.6 Å². The van der Waals surface area contributed by atoms with E-state index in [0.717, 1.165) is 6.07 Å². The summed E-state index contributed by atoms with van der Waals surface area (Å²) in [5, 5.41) is 2.36. The van der Waals surface area contributed by atoms with E-state index in [1.54, 1.807) is 0 Å². The number of carbonyl (C=O) groups is 1. The van der Waals surface area contributed by atoms with E-state index in [1.807, 2.05) is 20.8 Å². The summed E-state index contributed by atoms with van der Waals surface area (Å²) in [7, 11) is 0. The molecule has 1 N–H and O–H groups in total. The Labute approximate surface area is 143 Å². The summed E-state index contributed by atoms with van der Waals surface area (Å²) in [4.78, 5) is 13.8. The molecule has 0 aliphatic carbocycles. The predicted octanol–water partition coefficient (Wildman–Crippen LogP) is 4.59. The first-order valence-electron chi connectivity index (χ1n) is 7.72. The number of hydrogen-bond donors (Lipinski definition) is 1. The van der Waals surface area contributed by atoms with E-state index in [9.17, 15) is 18.0 Å². The van der Waals surface area contributed by atoms with Crippen molar-refractivity contribution in [3.8, 4) is 0 Å². The SMILES string of the molecule is CCC1CN(C(=O)NC(C)C)C(c2ccc(Cl)c(C(F)(F)F)c2)O1. The molecular formula is C16H20ClF3N2O2. The number of urea groups is 1. The Morgan fingerprint density at radius 3 is 2.67 bits per heavy atom. The van der Waals surface area contributed by atoms with E-state index in [-0.39, 0.29) is 28.8 Å². The highest BCUT2D eigenvalue weighted by atomic mass is 35.5. The lowest BCUT2D eigenvalue weighted by atomic mass is 10.1. The van der Waals surface area contributed by atoms with Crippen LogP contribution in [0.5, 0.6) is 0 Å². The molecule has 134 valence electrons. The van der Waals surface area contributed by atoms with Crippen molar-refractivity contribution < 1.29 is 22.7 Å². The minimum atomic E-state index is -4.57. The first kappa shape index (κ1) is 18.9. The number of nitrogens with one attached hydrogen (secondary N) is 1. The van der Waals surface area contributed by atoms with Gasteiger partial charge in [0.05, 0.1) is 23.2 Å². The summed E-state index contributed by atoms with van der Waals surface area (Å²) >= 11 is 5.66. The van der Waals surface area contributed by atoms with Crippen LogP contribution in [0.1, 0.15) is 44.5 Å². The molecule has 4 nitrogen and oxygen atoms in total. The van der Waals surface area contributed by atoms with Crippen molar-refractivity contribution in [2.45, 2.75) is 51.7 Å². The molecule has 0 radical (unpaired) electrons. The second-order valence-corrected chi connectivity index (χ2v) is 6.42. The molecule has 2 rings (SSSR count). The van der Waals surface area contributed by atoms with Crippen molar-refractivity contribution in [1.29, 1.82) is 0 Å². The fraction of sp³-hybridized carbons (Fsp3) is 0.562. The summed E-state index contributed by atoms with van der Waals surface area (Å²) in [6.45, 7) is 5.84. The van der Waals surface area contributed by atoms with Gasteiger partial charge >= 0.3 is 12.2 Å². The molecule has 0 bridgehead atoms. The van der Waals surface area contributed by atoms with Crippen LogP contribution >= 0.6 is 11.6 Å². The number of carbonyl (C=O) groups excluding carboxylic acids is 1. The monoisotopic (exact) mass is 364 g/mol. The van der Waals surface area contributed by atoms with E-state index in [1.165, 1.54) is 17.0 Å². The minimum absolute atomic E-state index is 0.0882. The highest BCUT2D eigenvalue weighted by molar-refractivity contribution is 6.31. The Hall–Kier alpha value is -1.47. The molecule has 0 spiro atoms. The van der Waals surface area contributed by atoms with E-state index in [0.29, 0.717) is 13.0 Å². The molecule has 2 atom stereocenters. The first-order chi connectivity index (χ1) is 11.1. The largest absolute Gasteiger partial charge is 0.417 e. The molecule has 1 fully saturated rings. The van der Waals surface area contributed by atoms with Gasteiger partial charge in [-0.2, -0.15) is 13.2 Å². The Bertz CT molecular complexity index is 607. The van der Waals surface area contributed by atoms with Crippen molar-refractivity contribution in [3.63, 3.8) is 0 Å². The molecule has 8 heteroatoms. The second kappa shape index (κ2) is 7.19. The highest BCUT2D eigenvalue weighted by Gasteiger charge is 2.39. The molecule has 0 aromatic heterocycles. The third-order valence-corrected chi connectivity index (χ3v) is 4.04. The van der Waals surface area contributed by atoms with Gasteiger partial charge in [-0.15, -0.1) is 0 Å². The number of amides is 2. The molecular weight excluding hydrogens is 345 g/mol. The van der Waals surface area contributed by atoms with Crippen LogP contribution in [0.15, 0.2) is 18.2 Å². The maximum atomic E-state index is 13.1. The summed E-state index contributed by atoms with van der Waals surface area (Å²) < 4.78 is 45.0. The van der Waals surface area contributed by atoms with E-state index in [2.05, 4.69) is 5.32 Å². The molecule has 24 heavy (non-hydrogen) atoms. The first-order valence-corrected chi connectivity index (χ1v) is 8.10. The lowest BCUT2D eigenvalue weighted by molar-refractivity contribution is -0.137. The molecule has 1 aromatic rings. The zero-order valence-electron chi connectivity index (χ0n) is 13.7. The Morgan fingerprint density at radius 2 is 2.12 bits per heavy atom. The van der Waals surface area contributed by atoms with Gasteiger partial charge < -0.3 is 10.1 Å². The number of benzene rings is 1. The second-order valence-electron chi connectivity index (χ2n) is 6.01. The number of alkyl halides is 3. The van der Waals surface area contributed by atoms with Crippen LogP contribution in [-0.2, 0) is 10.9 Å². The average molecular weight is 365 g/mol. The Balaban J connectivity index is 2.35. The summed E-state index contributed by atoms with van der Waals surface area (Å²) in [6.07, 6.45) is -5.01. The van der Waals surface area contributed by atoms with Crippen LogP contribution in [0, 0.1) is 0 Å². The lowest BCUT2D eigenvalue weighted by Crippen LogP contribution is -2.43. The standard InChI is InChI=1S/C16H20ClF3N2O2/c1-4-11-8-22(15(23)21-9(2)3)14(24-11)10-5-6-13(17)12(7-10)16(18,19)20/h5-7,9,11,14H,4,8H2,1-3H3,(H,21,23). The average Bonchev–Trinajstić information content (AvgIpc) is 2.90. The zero-order valence-corrected chi connectivity index (χ0v) is 14.4. The van der Waals surface area contributed by atoms with Crippen LogP contribution in [0.25, 0.3) is 0 Å². The van der Waals surface area contributed by atoms with Crippen LogP contribution < -0.4 is 5.32 Å². The maximum absolute atomic E-state index is 13.1. The van der Waals surface area contributed by atoms with Crippen molar-refractivity contribution in [1.82, 2.24) is 10.2 Å². The highest BCUT2D eigenvalue weighted by Crippen LogP contribution is 2.39. The number of halogens is 4. The van der Waals surface area contributed by atoms with E-state index >= 15 is 0 Å². The smallest absolute Gasteiger partial charge is 0.349 e. The topological polar surface area (TPSA) is 41.6 Å². The molecule has 1 aromatic carbocycles. The Morgan fingerprint density at radius 1 is 1.46 bits per heavy atom. The molecule has 2 unspecified atom stereocenters. The van der Waals surface area contributed by atoms with Crippen molar-refractivity contribution in [2.75, 3.05) is 6.54 Å². The fourth-order valence-electron chi connectivity index (χ4n) is 2.53. The lowest BCUT2D eigenvalue weighted by Gasteiger charge is -2.25. The van der Waals surface area contributed by atoms with Crippen molar-refractivity contribution in [3.05, 3.63) is 34.3 Å². The Kier molecular flexibility index (Phi) is 5.65. The van der Waals surface area contributed by atoms with Crippen molar-refractivity contribution >= 4 is 17.6 Å². The molecule has 1 aliphatic heterocycles. The molecule has 1 heterocycles. The van der Waals surface area contributed by atoms with Gasteiger partial charge in [-0.3, -0.25) is 4.90 Å². The number of rotatable bonds is 3. The van der Waals surface area contributed by atoms with Gasteiger partial charge in [0.2, 0.25) is 0 Å². The van der Waals surface area contributed by atoms with Crippen LogP contribution in [0.3, 0.4) is 0 Å². The third kappa shape index (κ3) is 4.13.